The first-order valence-corrected chi connectivity index (χ1v) is 22.0. The fraction of sp³-hybridized carbons (Fsp3) is 0.745. The van der Waals surface area contributed by atoms with Gasteiger partial charge in [-0.2, -0.15) is 0 Å². The zero-order chi connectivity index (χ0) is 40.4. The van der Waals surface area contributed by atoms with E-state index in [2.05, 4.69) is 59.1 Å². The number of allylic oxidation sites excluding steroid dienone is 1. The largest absolute Gasteiger partial charge is 0.464 e. The van der Waals surface area contributed by atoms with Gasteiger partial charge in [0.25, 0.3) is 6.47 Å². The van der Waals surface area contributed by atoms with Gasteiger partial charge >= 0.3 is 12.0 Å². The van der Waals surface area contributed by atoms with Crippen molar-refractivity contribution in [2.45, 2.75) is 163 Å². The van der Waals surface area contributed by atoms with Gasteiger partial charge in [-0.25, -0.2) is 4.79 Å². The molecule has 8 rings (SSSR count). The molecule has 306 valence electrons. The van der Waals surface area contributed by atoms with Crippen LogP contribution in [0.2, 0.25) is 5.02 Å². The number of fused-ring (bicyclic) bond motifs is 7. The minimum absolute atomic E-state index is 0.0317. The third-order valence-corrected chi connectivity index (χ3v) is 18.4. The maximum Gasteiger partial charge on any atom is 0.316 e. The van der Waals surface area contributed by atoms with Crippen LogP contribution >= 0.6 is 11.6 Å². The van der Waals surface area contributed by atoms with E-state index in [-0.39, 0.29) is 69.4 Å². The molecule has 0 unspecified atom stereocenters. The Morgan fingerprint density at radius 3 is 2.07 bits per heavy atom. The number of hydrogen-bond acceptors (Lipinski definition) is 6. The standard InChI is InChI=1S/C47H65ClN2O6/c1-27(2)37-32(52)25-47(50-40(54)49-46(22-23-46)28-10-12-29(48)13-11-28)21-20-44(8)30(38(37)47)14-15-34-43(7)18-17-35(42(5,6)33(43)16-19-45(34,44)9)56-39(53)31-24-36(55-26-51)41(31,3)4/h10-13,26-27,30-31,33-36H,14-25H2,1-9H3,(H2,49,50,54)/t30-,31-,33+,34-,35+,36-,43+,44-,45-,47-/m1/s1. The number of ether oxygens (including phenoxy) is 2. The normalized spacial score (nSPS) is 41.2. The first kappa shape index (κ1) is 39.9. The summed E-state index contributed by atoms with van der Waals surface area (Å²) in [4.78, 5) is 52.9. The fourth-order valence-electron chi connectivity index (χ4n) is 14.6. The van der Waals surface area contributed by atoms with Crippen molar-refractivity contribution in [3.63, 3.8) is 0 Å². The summed E-state index contributed by atoms with van der Waals surface area (Å²) in [5.74, 6) is 0.983. The number of esters is 1. The summed E-state index contributed by atoms with van der Waals surface area (Å²) >= 11 is 6.20. The molecule has 6 fully saturated rings. The van der Waals surface area contributed by atoms with Gasteiger partial charge < -0.3 is 20.1 Å². The molecular weight excluding hydrogens is 724 g/mol. The Bertz CT molecular complexity index is 1850. The van der Waals surface area contributed by atoms with Crippen molar-refractivity contribution in [1.82, 2.24) is 10.6 Å². The van der Waals surface area contributed by atoms with Gasteiger partial charge in [0.2, 0.25) is 0 Å². The zero-order valence-electron chi connectivity index (χ0n) is 35.2. The molecule has 56 heavy (non-hydrogen) atoms. The second-order valence-electron chi connectivity index (χ2n) is 21.6. The quantitative estimate of drug-likeness (QED) is 0.201. The monoisotopic (exact) mass is 788 g/mol. The van der Waals surface area contributed by atoms with E-state index in [0.717, 1.165) is 75.3 Å². The third-order valence-electron chi connectivity index (χ3n) is 18.2. The molecule has 1 aromatic carbocycles. The molecule has 7 aliphatic rings. The number of carbonyl (C=O) groups is 4. The highest BCUT2D eigenvalue weighted by Gasteiger charge is 2.70. The summed E-state index contributed by atoms with van der Waals surface area (Å²) in [6, 6.07) is 7.60. The van der Waals surface area contributed by atoms with Crippen molar-refractivity contribution in [2.24, 2.45) is 56.7 Å². The zero-order valence-corrected chi connectivity index (χ0v) is 36.0. The van der Waals surface area contributed by atoms with Crippen LogP contribution in [-0.4, -0.2) is 42.0 Å². The Morgan fingerprint density at radius 1 is 0.786 bits per heavy atom. The number of nitrogens with one attached hydrogen (secondary N) is 2. The van der Waals surface area contributed by atoms with E-state index in [1.165, 1.54) is 5.57 Å². The predicted octanol–water partition coefficient (Wildman–Crippen LogP) is 9.86. The second-order valence-corrected chi connectivity index (χ2v) is 22.0. The minimum Gasteiger partial charge on any atom is -0.464 e. The topological polar surface area (TPSA) is 111 Å². The summed E-state index contributed by atoms with van der Waals surface area (Å²) in [5, 5.41) is 7.55. The minimum atomic E-state index is -0.663. The van der Waals surface area contributed by atoms with E-state index >= 15 is 0 Å². The van der Waals surface area contributed by atoms with Gasteiger partial charge in [0, 0.05) is 22.3 Å². The summed E-state index contributed by atoms with van der Waals surface area (Å²) in [6.45, 7) is 21.1. The molecule has 0 bridgehead atoms. The maximum atomic E-state index is 14.1. The maximum absolute atomic E-state index is 14.1. The van der Waals surface area contributed by atoms with Crippen LogP contribution in [0.3, 0.4) is 0 Å². The molecule has 8 nitrogen and oxygen atoms in total. The van der Waals surface area contributed by atoms with Crippen molar-refractivity contribution < 1.29 is 28.7 Å². The summed E-state index contributed by atoms with van der Waals surface area (Å²) < 4.78 is 11.7. The molecule has 10 atom stereocenters. The summed E-state index contributed by atoms with van der Waals surface area (Å²) in [6.07, 6.45) is 10.1. The lowest BCUT2D eigenvalue weighted by molar-refractivity contribution is -0.236. The van der Waals surface area contributed by atoms with Crippen LogP contribution in [-0.2, 0) is 29.4 Å². The average molecular weight is 789 g/mol. The number of rotatable bonds is 8. The average Bonchev–Trinajstić information content (AvgIpc) is 3.82. The molecule has 9 heteroatoms. The molecule has 0 aliphatic heterocycles. The molecule has 6 saturated carbocycles. The van der Waals surface area contributed by atoms with E-state index in [1.807, 2.05) is 38.1 Å². The molecule has 7 aliphatic carbocycles. The van der Waals surface area contributed by atoms with Crippen LogP contribution in [0.5, 0.6) is 0 Å². The van der Waals surface area contributed by atoms with Crippen LogP contribution in [0.15, 0.2) is 35.4 Å². The van der Waals surface area contributed by atoms with E-state index < -0.39 is 16.5 Å². The van der Waals surface area contributed by atoms with Gasteiger partial charge in [-0.05, 0) is 139 Å². The highest BCUT2D eigenvalue weighted by atomic mass is 35.5. The lowest BCUT2D eigenvalue weighted by atomic mass is 9.33. The van der Waals surface area contributed by atoms with Gasteiger partial charge in [-0.15, -0.1) is 0 Å². The van der Waals surface area contributed by atoms with Crippen LogP contribution in [0.25, 0.3) is 0 Å². The summed E-state index contributed by atoms with van der Waals surface area (Å²) in [5.41, 5.74) is 1.68. The van der Waals surface area contributed by atoms with Crippen molar-refractivity contribution >= 4 is 35.9 Å². The van der Waals surface area contributed by atoms with Gasteiger partial charge in [0.1, 0.15) is 12.2 Å². The highest BCUT2D eigenvalue weighted by molar-refractivity contribution is 6.30. The molecule has 0 aromatic heterocycles. The number of hydrogen-bond donors (Lipinski definition) is 2. The molecule has 0 spiro atoms. The SMILES string of the molecule is CC(C)C1=C2[C@H]3CC[C@@H]4[C@@]5(C)CC[C@H](OC(=O)[C@H]6C[C@@H](OC=O)C6(C)C)C(C)(C)[C@@H]5CC[C@@]4(C)[C@]3(C)CC[C@@]2(NC(=O)NC2(c3ccc(Cl)cc3)CC2)CC1=O. The lowest BCUT2D eigenvalue weighted by Gasteiger charge is -2.72. The number of halogens is 1. The lowest BCUT2D eigenvalue weighted by Crippen LogP contribution is -2.67. The van der Waals surface area contributed by atoms with E-state index in [4.69, 9.17) is 21.1 Å². The van der Waals surface area contributed by atoms with Crippen LogP contribution in [0.1, 0.15) is 145 Å². The Hall–Kier alpha value is -2.87. The summed E-state index contributed by atoms with van der Waals surface area (Å²) in [7, 11) is 0. The van der Waals surface area contributed by atoms with Crippen molar-refractivity contribution in [3.05, 3.63) is 46.0 Å². The molecule has 0 saturated heterocycles. The number of Topliss-reactive ketones (excluding diaryl/α,β-unsaturated/α-hetero) is 1. The number of urea groups is 1. The van der Waals surface area contributed by atoms with Crippen LogP contribution < -0.4 is 10.6 Å². The molecule has 2 N–H and O–H groups in total. The fourth-order valence-corrected chi connectivity index (χ4v) is 14.7. The molecular formula is C47H65ClN2O6. The number of benzene rings is 1. The first-order valence-electron chi connectivity index (χ1n) is 21.6. The van der Waals surface area contributed by atoms with Gasteiger partial charge in [0.05, 0.1) is 17.0 Å². The number of amides is 2. The highest BCUT2D eigenvalue weighted by Crippen LogP contribution is 2.76. The van der Waals surface area contributed by atoms with Crippen molar-refractivity contribution in [3.8, 4) is 0 Å². The Labute approximate surface area is 339 Å². The van der Waals surface area contributed by atoms with Crippen molar-refractivity contribution in [2.75, 3.05) is 0 Å². The Balaban J connectivity index is 1.04. The van der Waals surface area contributed by atoms with Gasteiger partial charge in [0.15, 0.2) is 5.78 Å². The predicted molar refractivity (Wildman–Crippen MR) is 216 cm³/mol. The smallest absolute Gasteiger partial charge is 0.316 e. The Morgan fingerprint density at radius 2 is 1.45 bits per heavy atom. The first-order chi connectivity index (χ1) is 26.2. The van der Waals surface area contributed by atoms with Gasteiger partial charge in [-0.1, -0.05) is 86.0 Å². The van der Waals surface area contributed by atoms with E-state index in [9.17, 15) is 19.2 Å². The Kier molecular flexibility index (Phi) is 9.32. The van der Waals surface area contributed by atoms with Gasteiger partial charge in [-0.3, -0.25) is 14.4 Å². The van der Waals surface area contributed by atoms with E-state index in [0.29, 0.717) is 36.2 Å². The number of ketones is 1. The van der Waals surface area contributed by atoms with E-state index in [1.54, 1.807) is 0 Å². The van der Waals surface area contributed by atoms with Crippen molar-refractivity contribution in [1.29, 1.82) is 0 Å². The van der Waals surface area contributed by atoms with Crippen LogP contribution in [0, 0.1) is 56.7 Å². The third kappa shape index (κ3) is 5.63. The molecule has 1 aromatic rings. The van der Waals surface area contributed by atoms with Crippen LogP contribution in [0.4, 0.5) is 4.79 Å². The molecule has 0 radical (unpaired) electrons. The number of carbonyl (C=O) groups excluding carboxylic acids is 4. The molecule has 2 amide bonds. The second kappa shape index (κ2) is 13.1. The molecule has 0 heterocycles.